The van der Waals surface area contributed by atoms with Crippen molar-refractivity contribution in [1.82, 2.24) is 0 Å². The Morgan fingerprint density at radius 3 is 2.17 bits per heavy atom. The number of hydrogen-bond acceptors (Lipinski definition) is 3. The van der Waals surface area contributed by atoms with Gasteiger partial charge in [-0.2, -0.15) is 0 Å². The molecular formula is C9H18O3. The Morgan fingerprint density at radius 2 is 1.83 bits per heavy atom. The molecule has 0 fully saturated rings. The summed E-state index contributed by atoms with van der Waals surface area (Å²) in [6.07, 6.45) is 0.0488. The number of aliphatic hydroxyl groups is 2. The largest absolute Gasteiger partial charge is 0.393 e. The normalized spacial score (nSPS) is 21.1. The van der Waals surface area contributed by atoms with Gasteiger partial charge in [-0.15, -0.1) is 0 Å². The maximum Gasteiger partial charge on any atom is 0.125 e. The lowest BCUT2D eigenvalue weighted by molar-refractivity contribution is -0.115. The molecule has 0 rings (SSSR count). The molecule has 0 saturated heterocycles. The highest BCUT2D eigenvalue weighted by molar-refractivity contribution is 5.53. The lowest BCUT2D eigenvalue weighted by atomic mass is 9.89. The summed E-state index contributed by atoms with van der Waals surface area (Å²) in [6, 6.07) is 0. The average molecular weight is 174 g/mol. The number of carbonyl (C=O) groups is 1. The molecule has 3 heteroatoms. The molecule has 0 aliphatic heterocycles. The molecule has 4 unspecified atom stereocenters. The van der Waals surface area contributed by atoms with Crippen LogP contribution in [0.5, 0.6) is 0 Å². The van der Waals surface area contributed by atoms with Crippen molar-refractivity contribution >= 4 is 6.29 Å². The molecule has 12 heavy (non-hydrogen) atoms. The molecule has 72 valence electrons. The van der Waals surface area contributed by atoms with Gasteiger partial charge in [0.05, 0.1) is 12.2 Å². The number of aliphatic hydroxyl groups excluding tert-OH is 2. The Bertz CT molecular complexity index is 136. The summed E-state index contributed by atoms with van der Waals surface area (Å²) in [6.45, 7) is 5.24. The van der Waals surface area contributed by atoms with E-state index in [0.29, 0.717) is 12.7 Å². The lowest BCUT2D eigenvalue weighted by Crippen LogP contribution is -2.34. The Hall–Kier alpha value is -0.410. The van der Waals surface area contributed by atoms with Gasteiger partial charge in [-0.05, 0) is 6.42 Å². The lowest BCUT2D eigenvalue weighted by Gasteiger charge is -2.25. The van der Waals surface area contributed by atoms with Crippen molar-refractivity contribution in [2.24, 2.45) is 11.8 Å². The van der Waals surface area contributed by atoms with Crippen LogP contribution in [-0.4, -0.2) is 28.7 Å². The van der Waals surface area contributed by atoms with Gasteiger partial charge in [-0.25, -0.2) is 0 Å². The Balaban J connectivity index is 4.07. The minimum Gasteiger partial charge on any atom is -0.393 e. The summed E-state index contributed by atoms with van der Waals surface area (Å²) in [7, 11) is 0. The van der Waals surface area contributed by atoms with E-state index < -0.39 is 18.1 Å². The molecule has 0 amide bonds. The Kier molecular flexibility index (Phi) is 5.09. The molecule has 0 aliphatic rings. The standard InChI is InChI=1S/C9H18O3/c1-4-8(11)7(3)9(12)6(2)5-10/h5-9,11-12H,4H2,1-3H3. The van der Waals surface area contributed by atoms with E-state index in [9.17, 15) is 15.0 Å². The number of aldehydes is 1. The quantitative estimate of drug-likeness (QED) is 0.600. The third-order valence-corrected chi connectivity index (χ3v) is 2.32. The van der Waals surface area contributed by atoms with Gasteiger partial charge in [0.2, 0.25) is 0 Å². The van der Waals surface area contributed by atoms with Crippen LogP contribution in [0.1, 0.15) is 27.2 Å². The van der Waals surface area contributed by atoms with Gasteiger partial charge in [0.15, 0.2) is 0 Å². The second-order valence-corrected chi connectivity index (χ2v) is 3.32. The Morgan fingerprint density at radius 1 is 1.33 bits per heavy atom. The van der Waals surface area contributed by atoms with Gasteiger partial charge in [-0.3, -0.25) is 0 Å². The van der Waals surface area contributed by atoms with Crippen LogP contribution < -0.4 is 0 Å². The Labute approximate surface area is 73.4 Å². The molecule has 0 bridgehead atoms. The molecule has 0 aromatic heterocycles. The van der Waals surface area contributed by atoms with Gasteiger partial charge in [0.25, 0.3) is 0 Å². The summed E-state index contributed by atoms with van der Waals surface area (Å²) in [5.41, 5.74) is 0. The van der Waals surface area contributed by atoms with Crippen LogP contribution in [0.4, 0.5) is 0 Å². The van der Waals surface area contributed by atoms with Gasteiger partial charge in [0, 0.05) is 11.8 Å². The van der Waals surface area contributed by atoms with Crippen molar-refractivity contribution < 1.29 is 15.0 Å². The molecular weight excluding hydrogens is 156 g/mol. The smallest absolute Gasteiger partial charge is 0.125 e. The van der Waals surface area contributed by atoms with Crippen molar-refractivity contribution in [2.75, 3.05) is 0 Å². The molecule has 0 aromatic carbocycles. The SMILES string of the molecule is CCC(O)C(C)C(O)C(C)C=O. The van der Waals surface area contributed by atoms with E-state index in [0.717, 1.165) is 0 Å². The minimum absolute atomic E-state index is 0.241. The highest BCUT2D eigenvalue weighted by Crippen LogP contribution is 2.16. The minimum atomic E-state index is -0.738. The fourth-order valence-corrected chi connectivity index (χ4v) is 1.16. The van der Waals surface area contributed by atoms with Crippen molar-refractivity contribution in [3.63, 3.8) is 0 Å². The number of hydrogen-bond donors (Lipinski definition) is 2. The first kappa shape index (κ1) is 11.6. The third-order valence-electron chi connectivity index (χ3n) is 2.32. The van der Waals surface area contributed by atoms with Crippen molar-refractivity contribution in [1.29, 1.82) is 0 Å². The van der Waals surface area contributed by atoms with E-state index in [4.69, 9.17) is 0 Å². The predicted molar refractivity (Wildman–Crippen MR) is 46.7 cm³/mol. The molecule has 0 radical (unpaired) electrons. The molecule has 0 aliphatic carbocycles. The summed E-state index contributed by atoms with van der Waals surface area (Å²) < 4.78 is 0. The fraction of sp³-hybridized carbons (Fsp3) is 0.889. The van der Waals surface area contributed by atoms with Crippen LogP contribution in [0.3, 0.4) is 0 Å². The third kappa shape index (κ3) is 2.91. The van der Waals surface area contributed by atoms with E-state index in [1.54, 1.807) is 13.8 Å². The maximum absolute atomic E-state index is 10.3. The zero-order valence-electron chi connectivity index (χ0n) is 7.90. The summed E-state index contributed by atoms with van der Waals surface area (Å²) >= 11 is 0. The molecule has 0 heterocycles. The monoisotopic (exact) mass is 174 g/mol. The van der Waals surface area contributed by atoms with Crippen LogP contribution in [-0.2, 0) is 4.79 Å². The second-order valence-electron chi connectivity index (χ2n) is 3.32. The highest BCUT2D eigenvalue weighted by Gasteiger charge is 2.25. The average Bonchev–Trinajstić information content (AvgIpc) is 2.12. The van der Waals surface area contributed by atoms with E-state index >= 15 is 0 Å². The van der Waals surface area contributed by atoms with Gasteiger partial charge >= 0.3 is 0 Å². The van der Waals surface area contributed by atoms with E-state index in [-0.39, 0.29) is 5.92 Å². The fourth-order valence-electron chi connectivity index (χ4n) is 1.16. The summed E-state index contributed by atoms with van der Waals surface area (Å²) in [5, 5.41) is 18.9. The van der Waals surface area contributed by atoms with Gasteiger partial charge in [0.1, 0.15) is 6.29 Å². The van der Waals surface area contributed by atoms with Gasteiger partial charge in [-0.1, -0.05) is 20.8 Å². The molecule has 0 aromatic rings. The first-order valence-corrected chi connectivity index (χ1v) is 4.36. The first-order valence-electron chi connectivity index (χ1n) is 4.36. The van der Waals surface area contributed by atoms with Crippen LogP contribution >= 0.6 is 0 Å². The van der Waals surface area contributed by atoms with Crippen molar-refractivity contribution in [3.05, 3.63) is 0 Å². The van der Waals surface area contributed by atoms with Gasteiger partial charge < -0.3 is 15.0 Å². The first-order chi connectivity index (χ1) is 5.54. The molecule has 0 spiro atoms. The highest BCUT2D eigenvalue weighted by atomic mass is 16.3. The molecule has 0 saturated carbocycles. The van der Waals surface area contributed by atoms with Crippen molar-refractivity contribution in [2.45, 2.75) is 39.4 Å². The van der Waals surface area contributed by atoms with Crippen LogP contribution in [0, 0.1) is 11.8 Å². The topological polar surface area (TPSA) is 57.5 Å². The van der Waals surface area contributed by atoms with Crippen LogP contribution in [0.2, 0.25) is 0 Å². The summed E-state index contributed by atoms with van der Waals surface area (Å²) in [4.78, 5) is 10.3. The maximum atomic E-state index is 10.3. The van der Waals surface area contributed by atoms with E-state index in [1.807, 2.05) is 6.92 Å². The zero-order chi connectivity index (χ0) is 9.72. The molecule has 2 N–H and O–H groups in total. The van der Waals surface area contributed by atoms with Crippen LogP contribution in [0.25, 0.3) is 0 Å². The second kappa shape index (κ2) is 5.27. The van der Waals surface area contributed by atoms with Crippen LogP contribution in [0.15, 0.2) is 0 Å². The van der Waals surface area contributed by atoms with E-state index in [2.05, 4.69) is 0 Å². The zero-order valence-corrected chi connectivity index (χ0v) is 7.90. The summed E-state index contributed by atoms with van der Waals surface area (Å²) in [5.74, 6) is -0.642. The number of rotatable bonds is 5. The number of carbonyl (C=O) groups excluding carboxylic acids is 1. The van der Waals surface area contributed by atoms with Crippen molar-refractivity contribution in [3.8, 4) is 0 Å². The molecule has 4 atom stereocenters. The predicted octanol–water partition coefficient (Wildman–Crippen LogP) is 0.589. The molecule has 3 nitrogen and oxygen atoms in total. The van der Waals surface area contributed by atoms with E-state index in [1.165, 1.54) is 0 Å².